The summed E-state index contributed by atoms with van der Waals surface area (Å²) in [5.41, 5.74) is 2.53. The Morgan fingerprint density at radius 1 is 1.29 bits per heavy atom. The molecule has 0 aromatic carbocycles. The van der Waals surface area contributed by atoms with E-state index in [9.17, 15) is 14.7 Å². The average Bonchev–Trinajstić information content (AvgIpc) is 3.54. The highest BCUT2D eigenvalue weighted by Crippen LogP contribution is 2.57. The fraction of sp³-hybridized carbons (Fsp3) is 0.773. The summed E-state index contributed by atoms with van der Waals surface area (Å²) in [6.07, 6.45) is 9.21. The van der Waals surface area contributed by atoms with Gasteiger partial charge in [0.2, 0.25) is 0 Å². The van der Waals surface area contributed by atoms with Crippen molar-refractivity contribution in [3.8, 4) is 0 Å². The first-order valence-corrected chi connectivity index (χ1v) is 10.7. The van der Waals surface area contributed by atoms with Gasteiger partial charge in [0.15, 0.2) is 0 Å². The molecule has 0 amide bonds. The van der Waals surface area contributed by atoms with Gasteiger partial charge in [-0.25, -0.2) is 0 Å². The normalized spacial score (nSPS) is 26.4. The molecule has 1 N–H and O–H groups in total. The maximum atomic E-state index is 11.6. The van der Waals surface area contributed by atoms with E-state index in [1.807, 2.05) is 0 Å². The molecular weight excluding hydrogens is 358 g/mol. The third-order valence-corrected chi connectivity index (χ3v) is 6.99. The lowest BCUT2D eigenvalue weighted by atomic mass is 9.68. The van der Waals surface area contributed by atoms with Crippen LogP contribution in [0.3, 0.4) is 0 Å². The molecule has 1 aromatic rings. The zero-order valence-electron chi connectivity index (χ0n) is 16.9. The second kappa shape index (κ2) is 7.53. The lowest BCUT2D eigenvalue weighted by Gasteiger charge is -2.36. The zero-order chi connectivity index (χ0) is 19.9. The van der Waals surface area contributed by atoms with Crippen molar-refractivity contribution < 1.29 is 24.0 Å². The molecule has 6 heteroatoms. The molecule has 1 unspecified atom stereocenters. The summed E-state index contributed by atoms with van der Waals surface area (Å²) in [5.74, 6) is 1.17. The first kappa shape index (κ1) is 19.5. The third kappa shape index (κ3) is 4.26. The summed E-state index contributed by atoms with van der Waals surface area (Å²) < 4.78 is 10.6. The first-order valence-electron chi connectivity index (χ1n) is 10.7. The Kier molecular flexibility index (Phi) is 5.23. The highest BCUT2D eigenvalue weighted by Gasteiger charge is 2.46. The molecule has 3 aliphatic rings. The Balaban J connectivity index is 1.48. The van der Waals surface area contributed by atoms with Gasteiger partial charge in [-0.2, -0.15) is 0 Å². The fourth-order valence-electron chi connectivity index (χ4n) is 4.87. The fourth-order valence-corrected chi connectivity index (χ4v) is 4.87. The minimum atomic E-state index is -0.873. The van der Waals surface area contributed by atoms with Gasteiger partial charge in [0, 0.05) is 23.8 Å². The number of carbonyl (C=O) groups is 2. The number of aromatic nitrogens is 1. The van der Waals surface area contributed by atoms with Gasteiger partial charge >= 0.3 is 11.9 Å². The van der Waals surface area contributed by atoms with E-state index in [1.54, 1.807) is 0 Å². The minimum Gasteiger partial charge on any atom is -0.481 e. The van der Waals surface area contributed by atoms with E-state index in [4.69, 9.17) is 9.26 Å². The second-order valence-corrected chi connectivity index (χ2v) is 9.58. The largest absolute Gasteiger partial charge is 0.481 e. The van der Waals surface area contributed by atoms with Crippen LogP contribution in [0.15, 0.2) is 4.52 Å². The van der Waals surface area contributed by atoms with Gasteiger partial charge < -0.3 is 14.4 Å². The molecule has 0 spiro atoms. The standard InChI is InChI=1S/C22H31NO5/c1-22(7-8-22)12-13-9-16(10-13)21-19(14-3-4-14)20(23-28-21)15(11-17(24)25)5-6-18(26)27-2/h13-16H,3-12H2,1-2H3,(H,24,25). The Bertz CT molecular complexity index is 740. The molecule has 0 radical (unpaired) electrons. The lowest BCUT2D eigenvalue weighted by Crippen LogP contribution is -2.24. The third-order valence-electron chi connectivity index (χ3n) is 6.99. The maximum Gasteiger partial charge on any atom is 0.305 e. The zero-order valence-corrected chi connectivity index (χ0v) is 16.9. The van der Waals surface area contributed by atoms with E-state index in [0.29, 0.717) is 23.7 Å². The highest BCUT2D eigenvalue weighted by atomic mass is 16.5. The number of carboxylic acid groups (broad SMARTS) is 1. The van der Waals surface area contributed by atoms with Crippen molar-refractivity contribution in [2.45, 2.75) is 88.9 Å². The van der Waals surface area contributed by atoms with Gasteiger partial charge in [-0.3, -0.25) is 9.59 Å². The van der Waals surface area contributed by atoms with Crippen molar-refractivity contribution in [2.75, 3.05) is 7.11 Å². The number of methoxy groups -OCH3 is 1. The van der Waals surface area contributed by atoms with Crippen LogP contribution in [0.25, 0.3) is 0 Å². The van der Waals surface area contributed by atoms with E-state index < -0.39 is 5.97 Å². The number of carbonyl (C=O) groups excluding carboxylic acids is 1. The number of rotatable bonds is 10. The van der Waals surface area contributed by atoms with Crippen LogP contribution in [0.2, 0.25) is 0 Å². The average molecular weight is 389 g/mol. The topological polar surface area (TPSA) is 89.6 Å². The van der Waals surface area contributed by atoms with Gasteiger partial charge in [-0.05, 0) is 68.6 Å². The second-order valence-electron chi connectivity index (χ2n) is 9.58. The van der Waals surface area contributed by atoms with E-state index in [1.165, 1.54) is 26.4 Å². The van der Waals surface area contributed by atoms with Gasteiger partial charge in [0.25, 0.3) is 0 Å². The number of carboxylic acids is 1. The molecule has 3 aliphatic carbocycles. The van der Waals surface area contributed by atoms with E-state index >= 15 is 0 Å². The van der Waals surface area contributed by atoms with Crippen molar-refractivity contribution in [3.05, 3.63) is 17.0 Å². The number of hydrogen-bond donors (Lipinski definition) is 1. The van der Waals surface area contributed by atoms with Crippen molar-refractivity contribution in [1.29, 1.82) is 0 Å². The number of nitrogens with zero attached hydrogens (tertiary/aromatic N) is 1. The summed E-state index contributed by atoms with van der Waals surface area (Å²) in [6, 6.07) is 0. The SMILES string of the molecule is COC(=O)CCC(CC(=O)O)c1noc(C2CC(CC3(C)CC3)C2)c1C1CC1. The van der Waals surface area contributed by atoms with Gasteiger partial charge in [0.05, 0.1) is 19.2 Å². The van der Waals surface area contributed by atoms with Crippen LogP contribution in [0.4, 0.5) is 0 Å². The number of esters is 1. The highest BCUT2D eigenvalue weighted by molar-refractivity contribution is 5.70. The van der Waals surface area contributed by atoms with Gasteiger partial charge in [-0.1, -0.05) is 12.1 Å². The van der Waals surface area contributed by atoms with Crippen LogP contribution >= 0.6 is 0 Å². The smallest absolute Gasteiger partial charge is 0.305 e. The molecule has 4 rings (SSSR count). The number of hydrogen-bond acceptors (Lipinski definition) is 5. The molecule has 3 saturated carbocycles. The van der Waals surface area contributed by atoms with Crippen molar-refractivity contribution in [2.24, 2.45) is 11.3 Å². The van der Waals surface area contributed by atoms with Gasteiger partial charge in [0.1, 0.15) is 5.76 Å². The molecule has 6 nitrogen and oxygen atoms in total. The molecule has 154 valence electrons. The minimum absolute atomic E-state index is 0.0334. The molecule has 0 saturated heterocycles. The van der Waals surface area contributed by atoms with Crippen LogP contribution in [0, 0.1) is 11.3 Å². The first-order chi connectivity index (χ1) is 13.4. The van der Waals surface area contributed by atoms with Crippen molar-refractivity contribution in [3.63, 3.8) is 0 Å². The number of ether oxygens (including phenoxy) is 1. The summed E-state index contributed by atoms with van der Waals surface area (Å²) in [4.78, 5) is 23.0. The Hall–Kier alpha value is -1.85. The maximum absolute atomic E-state index is 11.6. The van der Waals surface area contributed by atoms with E-state index in [0.717, 1.165) is 48.6 Å². The predicted octanol–water partition coefficient (Wildman–Crippen LogP) is 4.75. The molecule has 28 heavy (non-hydrogen) atoms. The van der Waals surface area contributed by atoms with Crippen molar-refractivity contribution in [1.82, 2.24) is 5.16 Å². The van der Waals surface area contributed by atoms with Crippen LogP contribution in [0.5, 0.6) is 0 Å². The molecule has 3 fully saturated rings. The lowest BCUT2D eigenvalue weighted by molar-refractivity contribution is -0.142. The number of aliphatic carboxylic acids is 1. The van der Waals surface area contributed by atoms with E-state index in [2.05, 4.69) is 12.1 Å². The van der Waals surface area contributed by atoms with Crippen LogP contribution in [-0.4, -0.2) is 29.3 Å². The predicted molar refractivity (Wildman–Crippen MR) is 102 cm³/mol. The Labute approximate surface area is 166 Å². The van der Waals surface area contributed by atoms with Crippen LogP contribution in [-0.2, 0) is 14.3 Å². The van der Waals surface area contributed by atoms with Crippen LogP contribution < -0.4 is 0 Å². The van der Waals surface area contributed by atoms with Gasteiger partial charge in [-0.15, -0.1) is 0 Å². The summed E-state index contributed by atoms with van der Waals surface area (Å²) in [7, 11) is 1.35. The van der Waals surface area contributed by atoms with E-state index in [-0.39, 0.29) is 24.7 Å². The van der Waals surface area contributed by atoms with Crippen LogP contribution in [0.1, 0.15) is 106 Å². The molecule has 0 bridgehead atoms. The molecule has 1 heterocycles. The Morgan fingerprint density at radius 2 is 2.00 bits per heavy atom. The molecule has 1 atom stereocenters. The summed E-state index contributed by atoms with van der Waals surface area (Å²) >= 11 is 0. The molecule has 1 aromatic heterocycles. The molecule has 0 aliphatic heterocycles. The Morgan fingerprint density at radius 3 is 2.57 bits per heavy atom. The monoisotopic (exact) mass is 389 g/mol. The molecular formula is C22H31NO5. The van der Waals surface area contributed by atoms with Crippen molar-refractivity contribution >= 4 is 11.9 Å². The summed E-state index contributed by atoms with van der Waals surface area (Å²) in [5, 5.41) is 13.7. The quantitative estimate of drug-likeness (QED) is 0.581. The summed E-state index contributed by atoms with van der Waals surface area (Å²) in [6.45, 7) is 2.39.